The van der Waals surface area contributed by atoms with Crippen molar-refractivity contribution in [3.05, 3.63) is 68.9 Å². The van der Waals surface area contributed by atoms with E-state index in [2.05, 4.69) is 0 Å². The summed E-state index contributed by atoms with van der Waals surface area (Å²) in [5.41, 5.74) is 0.144. The standard InChI is InChI=1S/C19H12O6/c1-9-15(21)5-4-12-13(8-17(22)25-18(9)12)14-6-10-2-3-11(20)7-16(10)24-19(14)23/h2-8,20-21H,1H3. The van der Waals surface area contributed by atoms with Gasteiger partial charge in [-0.05, 0) is 37.3 Å². The van der Waals surface area contributed by atoms with Crippen LogP contribution in [0.15, 0.2) is 60.9 Å². The number of hydrogen-bond acceptors (Lipinski definition) is 6. The van der Waals surface area contributed by atoms with Crippen LogP contribution in [0, 0.1) is 6.92 Å². The summed E-state index contributed by atoms with van der Waals surface area (Å²) < 4.78 is 10.5. The maximum Gasteiger partial charge on any atom is 0.344 e. The monoisotopic (exact) mass is 336 g/mol. The van der Waals surface area contributed by atoms with Crippen molar-refractivity contribution in [2.45, 2.75) is 6.92 Å². The summed E-state index contributed by atoms with van der Waals surface area (Å²) in [6, 6.07) is 10.3. The average molecular weight is 336 g/mol. The minimum atomic E-state index is -0.643. The van der Waals surface area contributed by atoms with E-state index in [0.29, 0.717) is 21.9 Å². The van der Waals surface area contributed by atoms with Gasteiger partial charge in [-0.1, -0.05) is 0 Å². The van der Waals surface area contributed by atoms with E-state index in [4.69, 9.17) is 8.83 Å². The third kappa shape index (κ3) is 2.35. The van der Waals surface area contributed by atoms with Gasteiger partial charge < -0.3 is 19.0 Å². The van der Waals surface area contributed by atoms with Gasteiger partial charge in [0, 0.05) is 34.0 Å². The average Bonchev–Trinajstić information content (AvgIpc) is 2.57. The molecule has 0 spiro atoms. The first-order valence-corrected chi connectivity index (χ1v) is 7.48. The molecule has 2 heterocycles. The van der Waals surface area contributed by atoms with Crippen LogP contribution >= 0.6 is 0 Å². The van der Waals surface area contributed by atoms with Crippen LogP contribution in [0.25, 0.3) is 33.1 Å². The molecule has 0 aliphatic rings. The molecular formula is C19H12O6. The number of aryl methyl sites for hydroxylation is 1. The van der Waals surface area contributed by atoms with Gasteiger partial charge in [0.25, 0.3) is 0 Å². The van der Waals surface area contributed by atoms with E-state index in [9.17, 15) is 19.8 Å². The van der Waals surface area contributed by atoms with Gasteiger partial charge in [0.05, 0.1) is 5.56 Å². The summed E-state index contributed by atoms with van der Waals surface area (Å²) in [6.07, 6.45) is 0. The number of hydrogen-bond donors (Lipinski definition) is 2. The van der Waals surface area contributed by atoms with Crippen molar-refractivity contribution in [3.8, 4) is 22.6 Å². The maximum atomic E-state index is 12.4. The highest BCUT2D eigenvalue weighted by molar-refractivity contribution is 5.96. The summed E-state index contributed by atoms with van der Waals surface area (Å²) in [5, 5.41) is 20.4. The Balaban J connectivity index is 2.11. The molecule has 6 heteroatoms. The quantitative estimate of drug-likeness (QED) is 0.517. The molecule has 0 radical (unpaired) electrons. The van der Waals surface area contributed by atoms with Crippen LogP contribution in [0.2, 0.25) is 0 Å². The van der Waals surface area contributed by atoms with Crippen LogP contribution in [0.5, 0.6) is 11.5 Å². The molecule has 4 rings (SSSR count). The molecule has 6 nitrogen and oxygen atoms in total. The second kappa shape index (κ2) is 5.24. The zero-order valence-electron chi connectivity index (χ0n) is 13.1. The number of fused-ring (bicyclic) bond motifs is 2. The summed E-state index contributed by atoms with van der Waals surface area (Å²) in [7, 11) is 0. The highest BCUT2D eigenvalue weighted by Crippen LogP contribution is 2.32. The van der Waals surface area contributed by atoms with Gasteiger partial charge in [0.15, 0.2) is 0 Å². The lowest BCUT2D eigenvalue weighted by molar-refractivity contribution is 0.468. The molecular weight excluding hydrogens is 324 g/mol. The molecule has 0 unspecified atom stereocenters. The van der Waals surface area contributed by atoms with Gasteiger partial charge in [-0.25, -0.2) is 9.59 Å². The lowest BCUT2D eigenvalue weighted by atomic mass is 10.0. The van der Waals surface area contributed by atoms with Crippen LogP contribution in [-0.4, -0.2) is 10.2 Å². The molecule has 2 N–H and O–H groups in total. The highest BCUT2D eigenvalue weighted by atomic mass is 16.4. The predicted molar refractivity (Wildman–Crippen MR) is 92.0 cm³/mol. The van der Waals surface area contributed by atoms with E-state index in [0.717, 1.165) is 0 Å². The van der Waals surface area contributed by atoms with Crippen LogP contribution in [-0.2, 0) is 0 Å². The van der Waals surface area contributed by atoms with E-state index < -0.39 is 11.3 Å². The first kappa shape index (κ1) is 15.0. The molecule has 2 aromatic carbocycles. The molecule has 0 atom stereocenters. The van der Waals surface area contributed by atoms with Crippen molar-refractivity contribution in [1.29, 1.82) is 0 Å². The van der Waals surface area contributed by atoms with Gasteiger partial charge in [-0.2, -0.15) is 0 Å². The Morgan fingerprint density at radius 1 is 0.880 bits per heavy atom. The zero-order chi connectivity index (χ0) is 17.7. The Morgan fingerprint density at radius 2 is 1.68 bits per heavy atom. The SMILES string of the molecule is Cc1c(O)ccc2c(-c3cc4ccc(O)cc4oc3=O)cc(=O)oc12. The van der Waals surface area contributed by atoms with Crippen molar-refractivity contribution in [1.82, 2.24) is 0 Å². The fourth-order valence-electron chi connectivity index (χ4n) is 2.86. The molecule has 25 heavy (non-hydrogen) atoms. The molecule has 0 aliphatic heterocycles. The molecule has 0 amide bonds. The minimum absolute atomic E-state index is 0.00572. The maximum absolute atomic E-state index is 12.4. The molecule has 0 saturated carbocycles. The summed E-state index contributed by atoms with van der Waals surface area (Å²) >= 11 is 0. The second-order valence-electron chi connectivity index (χ2n) is 5.74. The normalized spacial score (nSPS) is 11.2. The Hall–Kier alpha value is -3.54. The van der Waals surface area contributed by atoms with Gasteiger partial charge in [0.2, 0.25) is 0 Å². The van der Waals surface area contributed by atoms with Crippen LogP contribution in [0.1, 0.15) is 5.56 Å². The smallest absolute Gasteiger partial charge is 0.344 e. The van der Waals surface area contributed by atoms with E-state index in [1.54, 1.807) is 25.1 Å². The van der Waals surface area contributed by atoms with Crippen molar-refractivity contribution in [2.75, 3.05) is 0 Å². The van der Waals surface area contributed by atoms with Gasteiger partial charge in [-0.3, -0.25) is 0 Å². The Bertz CT molecular complexity index is 1260. The summed E-state index contributed by atoms with van der Waals surface area (Å²) in [4.78, 5) is 24.4. The number of rotatable bonds is 1. The molecule has 0 bridgehead atoms. The van der Waals surface area contributed by atoms with Crippen LogP contribution in [0.4, 0.5) is 0 Å². The molecule has 0 fully saturated rings. The summed E-state index contributed by atoms with van der Waals surface area (Å²) in [5.74, 6) is -0.0193. The van der Waals surface area contributed by atoms with Crippen molar-refractivity contribution >= 4 is 21.9 Å². The minimum Gasteiger partial charge on any atom is -0.508 e. The molecule has 0 saturated heterocycles. The van der Waals surface area contributed by atoms with E-state index in [-0.39, 0.29) is 28.2 Å². The van der Waals surface area contributed by atoms with Gasteiger partial charge in [0.1, 0.15) is 22.7 Å². The molecule has 0 aliphatic carbocycles. The second-order valence-corrected chi connectivity index (χ2v) is 5.74. The van der Waals surface area contributed by atoms with Crippen LogP contribution in [0.3, 0.4) is 0 Å². The molecule has 2 aromatic heterocycles. The van der Waals surface area contributed by atoms with E-state index in [1.807, 2.05) is 0 Å². The van der Waals surface area contributed by atoms with E-state index >= 15 is 0 Å². The third-order valence-electron chi connectivity index (χ3n) is 4.14. The molecule has 124 valence electrons. The predicted octanol–water partition coefficient (Wildman–Crippen LogP) is 3.29. The Kier molecular flexibility index (Phi) is 3.15. The largest absolute Gasteiger partial charge is 0.508 e. The van der Waals surface area contributed by atoms with Gasteiger partial charge in [-0.15, -0.1) is 0 Å². The highest BCUT2D eigenvalue weighted by Gasteiger charge is 2.16. The summed E-state index contributed by atoms with van der Waals surface area (Å²) in [6.45, 7) is 1.62. The third-order valence-corrected chi connectivity index (χ3v) is 4.14. The Labute approximate surface area is 140 Å². The number of aromatic hydroxyl groups is 2. The topological polar surface area (TPSA) is 101 Å². The molecule has 4 aromatic rings. The number of benzene rings is 2. The van der Waals surface area contributed by atoms with E-state index in [1.165, 1.54) is 24.3 Å². The van der Waals surface area contributed by atoms with Crippen molar-refractivity contribution < 1.29 is 19.0 Å². The fraction of sp³-hybridized carbons (Fsp3) is 0.0526. The number of phenols is 2. The first-order chi connectivity index (χ1) is 11.9. The Morgan fingerprint density at radius 3 is 2.48 bits per heavy atom. The van der Waals surface area contributed by atoms with Crippen molar-refractivity contribution in [2.24, 2.45) is 0 Å². The van der Waals surface area contributed by atoms with Crippen LogP contribution < -0.4 is 11.3 Å². The fourth-order valence-corrected chi connectivity index (χ4v) is 2.86. The van der Waals surface area contributed by atoms with Gasteiger partial charge >= 0.3 is 11.3 Å². The first-order valence-electron chi connectivity index (χ1n) is 7.48. The lowest BCUT2D eigenvalue weighted by Gasteiger charge is -2.08. The lowest BCUT2D eigenvalue weighted by Crippen LogP contribution is -2.06. The number of phenolic OH excluding ortho intramolecular Hbond substituents is 2. The van der Waals surface area contributed by atoms with Crippen molar-refractivity contribution in [3.63, 3.8) is 0 Å². The zero-order valence-corrected chi connectivity index (χ0v) is 13.1.